The molecule has 2 aliphatic rings. The molecule has 0 radical (unpaired) electrons. The summed E-state index contributed by atoms with van der Waals surface area (Å²) in [5, 5.41) is 2.83. The predicted molar refractivity (Wildman–Crippen MR) is 85.1 cm³/mol. The van der Waals surface area contributed by atoms with Crippen LogP contribution < -0.4 is 5.32 Å². The summed E-state index contributed by atoms with van der Waals surface area (Å²) in [5.74, 6) is -0.558. The topological polar surface area (TPSA) is 49.4 Å². The maximum atomic E-state index is 13.5. The van der Waals surface area contributed by atoms with E-state index in [1.807, 2.05) is 11.0 Å². The van der Waals surface area contributed by atoms with E-state index in [2.05, 4.69) is 5.32 Å². The fraction of sp³-hybridized carbons (Fsp3) is 0.556. The van der Waals surface area contributed by atoms with Gasteiger partial charge in [-0.25, -0.2) is 4.39 Å². The molecule has 0 bridgehead atoms. The maximum Gasteiger partial charge on any atom is 0.225 e. The van der Waals surface area contributed by atoms with E-state index in [4.69, 9.17) is 0 Å². The van der Waals surface area contributed by atoms with Crippen LogP contribution in [0.2, 0.25) is 0 Å². The van der Waals surface area contributed by atoms with Crippen molar-refractivity contribution in [2.45, 2.75) is 51.6 Å². The summed E-state index contributed by atoms with van der Waals surface area (Å²) in [6.07, 6.45) is 4.75. The van der Waals surface area contributed by atoms with Crippen molar-refractivity contribution < 1.29 is 14.0 Å². The van der Waals surface area contributed by atoms with Crippen LogP contribution in [0, 0.1) is 18.7 Å². The molecule has 1 aliphatic heterocycles. The second-order valence-corrected chi connectivity index (χ2v) is 6.69. The number of likely N-dealkylation sites (tertiary alicyclic amines) is 1. The zero-order chi connectivity index (χ0) is 16.4. The molecule has 1 atom stereocenters. The SMILES string of the molecule is Cc1ccc(CNC(=O)C2CC(=O)N(C3CCCC3)C2)cc1F. The number of carbonyl (C=O) groups is 2. The lowest BCUT2D eigenvalue weighted by Gasteiger charge is -2.23. The van der Waals surface area contributed by atoms with Gasteiger partial charge in [-0.05, 0) is 37.0 Å². The van der Waals surface area contributed by atoms with Crippen LogP contribution in [-0.2, 0) is 16.1 Å². The highest BCUT2D eigenvalue weighted by atomic mass is 19.1. The molecule has 1 aromatic rings. The first kappa shape index (κ1) is 16.0. The molecule has 1 aromatic carbocycles. The molecule has 1 heterocycles. The smallest absolute Gasteiger partial charge is 0.225 e. The molecule has 2 fully saturated rings. The number of hydrogen-bond donors (Lipinski definition) is 1. The van der Waals surface area contributed by atoms with Crippen LogP contribution in [0.5, 0.6) is 0 Å². The Kier molecular flexibility index (Phi) is 4.64. The van der Waals surface area contributed by atoms with Crippen LogP contribution in [0.1, 0.15) is 43.2 Å². The van der Waals surface area contributed by atoms with Crippen molar-refractivity contribution in [2.24, 2.45) is 5.92 Å². The van der Waals surface area contributed by atoms with E-state index in [-0.39, 0.29) is 23.5 Å². The molecule has 3 rings (SSSR count). The van der Waals surface area contributed by atoms with Crippen molar-refractivity contribution in [3.8, 4) is 0 Å². The Morgan fingerprint density at radius 1 is 1.35 bits per heavy atom. The third-order valence-electron chi connectivity index (χ3n) is 5.00. The zero-order valence-electron chi connectivity index (χ0n) is 13.5. The number of nitrogens with one attached hydrogen (secondary N) is 1. The van der Waals surface area contributed by atoms with Gasteiger partial charge in [0.15, 0.2) is 0 Å². The monoisotopic (exact) mass is 318 g/mol. The summed E-state index contributed by atoms with van der Waals surface area (Å²) >= 11 is 0. The minimum absolute atomic E-state index is 0.0958. The van der Waals surface area contributed by atoms with Gasteiger partial charge in [-0.1, -0.05) is 25.0 Å². The van der Waals surface area contributed by atoms with Gasteiger partial charge in [0, 0.05) is 25.6 Å². The fourth-order valence-corrected chi connectivity index (χ4v) is 3.56. The predicted octanol–water partition coefficient (Wildman–Crippen LogP) is 2.54. The summed E-state index contributed by atoms with van der Waals surface area (Å²) in [6, 6.07) is 5.29. The molecule has 4 nitrogen and oxygen atoms in total. The summed E-state index contributed by atoms with van der Waals surface area (Å²) in [4.78, 5) is 26.3. The largest absolute Gasteiger partial charge is 0.352 e. The van der Waals surface area contributed by atoms with Gasteiger partial charge in [-0.15, -0.1) is 0 Å². The van der Waals surface area contributed by atoms with E-state index < -0.39 is 0 Å². The first-order valence-electron chi connectivity index (χ1n) is 8.37. The quantitative estimate of drug-likeness (QED) is 0.927. The molecule has 1 saturated carbocycles. The lowest BCUT2D eigenvalue weighted by molar-refractivity contribution is -0.130. The van der Waals surface area contributed by atoms with Crippen LogP contribution in [0.4, 0.5) is 4.39 Å². The third-order valence-corrected chi connectivity index (χ3v) is 5.00. The number of rotatable bonds is 4. The van der Waals surface area contributed by atoms with E-state index >= 15 is 0 Å². The van der Waals surface area contributed by atoms with Gasteiger partial charge in [-0.3, -0.25) is 9.59 Å². The number of hydrogen-bond acceptors (Lipinski definition) is 2. The average Bonchev–Trinajstić information content (AvgIpc) is 3.17. The van der Waals surface area contributed by atoms with Crippen molar-refractivity contribution in [1.82, 2.24) is 10.2 Å². The molecule has 0 aromatic heterocycles. The van der Waals surface area contributed by atoms with Gasteiger partial charge in [0.25, 0.3) is 0 Å². The highest BCUT2D eigenvalue weighted by Gasteiger charge is 2.38. The number of carbonyl (C=O) groups excluding carboxylic acids is 2. The summed E-state index contributed by atoms with van der Waals surface area (Å²) < 4.78 is 13.5. The highest BCUT2D eigenvalue weighted by molar-refractivity contribution is 5.89. The van der Waals surface area contributed by atoms with Crippen LogP contribution >= 0.6 is 0 Å². The Morgan fingerprint density at radius 2 is 2.09 bits per heavy atom. The standard InChI is InChI=1S/C18H23FN2O2/c1-12-6-7-13(8-16(12)19)10-20-18(23)14-9-17(22)21(11-14)15-4-2-3-5-15/h6-8,14-15H,2-5,9-11H2,1H3,(H,20,23). The van der Waals surface area contributed by atoms with E-state index in [0.29, 0.717) is 31.1 Å². The second kappa shape index (κ2) is 6.69. The van der Waals surface area contributed by atoms with Crippen LogP contribution in [-0.4, -0.2) is 29.3 Å². The van der Waals surface area contributed by atoms with Crippen LogP contribution in [0.3, 0.4) is 0 Å². The van der Waals surface area contributed by atoms with Crippen LogP contribution in [0.25, 0.3) is 0 Å². The van der Waals surface area contributed by atoms with Crippen molar-refractivity contribution in [3.05, 3.63) is 35.1 Å². The minimum atomic E-state index is -0.279. The van der Waals surface area contributed by atoms with Gasteiger partial charge in [0.1, 0.15) is 5.82 Å². The third kappa shape index (κ3) is 3.54. The minimum Gasteiger partial charge on any atom is -0.352 e. The zero-order valence-corrected chi connectivity index (χ0v) is 13.5. The van der Waals surface area contributed by atoms with Crippen LogP contribution in [0.15, 0.2) is 18.2 Å². The van der Waals surface area contributed by atoms with E-state index in [1.165, 1.54) is 18.9 Å². The molecule has 124 valence electrons. The van der Waals surface area contributed by atoms with Gasteiger partial charge >= 0.3 is 0 Å². The number of aryl methyl sites for hydroxylation is 1. The number of amides is 2. The molecule has 1 aliphatic carbocycles. The normalized spacial score (nSPS) is 21.9. The Labute approximate surface area is 136 Å². The Bertz CT molecular complexity index is 611. The molecule has 23 heavy (non-hydrogen) atoms. The molecule has 1 N–H and O–H groups in total. The number of halogens is 1. The fourth-order valence-electron chi connectivity index (χ4n) is 3.56. The van der Waals surface area contributed by atoms with Crippen molar-refractivity contribution in [2.75, 3.05) is 6.54 Å². The Balaban J connectivity index is 1.54. The van der Waals surface area contributed by atoms with Gasteiger partial charge < -0.3 is 10.2 Å². The van der Waals surface area contributed by atoms with Crippen molar-refractivity contribution in [3.63, 3.8) is 0 Å². The molecule has 2 amide bonds. The highest BCUT2D eigenvalue weighted by Crippen LogP contribution is 2.29. The lowest BCUT2D eigenvalue weighted by atomic mass is 10.1. The van der Waals surface area contributed by atoms with Crippen molar-refractivity contribution >= 4 is 11.8 Å². The first-order valence-corrected chi connectivity index (χ1v) is 8.37. The summed E-state index contributed by atoms with van der Waals surface area (Å²) in [6.45, 7) is 2.53. The molecular weight excluding hydrogens is 295 g/mol. The molecule has 1 unspecified atom stereocenters. The Hall–Kier alpha value is -1.91. The Morgan fingerprint density at radius 3 is 2.78 bits per heavy atom. The van der Waals surface area contributed by atoms with E-state index in [0.717, 1.165) is 18.4 Å². The summed E-state index contributed by atoms with van der Waals surface area (Å²) in [7, 11) is 0. The second-order valence-electron chi connectivity index (χ2n) is 6.69. The van der Waals surface area contributed by atoms with Gasteiger partial charge in [-0.2, -0.15) is 0 Å². The average molecular weight is 318 g/mol. The molecule has 1 saturated heterocycles. The van der Waals surface area contributed by atoms with Crippen molar-refractivity contribution in [1.29, 1.82) is 0 Å². The lowest BCUT2D eigenvalue weighted by Crippen LogP contribution is -2.36. The number of nitrogens with zero attached hydrogens (tertiary/aromatic N) is 1. The van der Waals surface area contributed by atoms with E-state index in [9.17, 15) is 14.0 Å². The maximum absolute atomic E-state index is 13.5. The summed E-state index contributed by atoms with van der Waals surface area (Å²) in [5.41, 5.74) is 1.33. The molecular formula is C18H23FN2O2. The van der Waals surface area contributed by atoms with E-state index in [1.54, 1.807) is 13.0 Å². The first-order chi connectivity index (χ1) is 11.0. The van der Waals surface area contributed by atoms with Gasteiger partial charge in [0.05, 0.1) is 5.92 Å². The molecule has 0 spiro atoms. The molecule has 5 heteroatoms. The van der Waals surface area contributed by atoms with Gasteiger partial charge in [0.2, 0.25) is 11.8 Å². The number of benzene rings is 1.